The zero-order chi connectivity index (χ0) is 19.2. The van der Waals surface area contributed by atoms with Crippen LogP contribution in [0.25, 0.3) is 11.3 Å². The summed E-state index contributed by atoms with van der Waals surface area (Å²) in [4.78, 5) is 18.7. The van der Waals surface area contributed by atoms with E-state index in [0.29, 0.717) is 13.1 Å². The molecule has 0 radical (unpaired) electrons. The van der Waals surface area contributed by atoms with Gasteiger partial charge in [0.05, 0.1) is 22.9 Å². The molecule has 0 aliphatic carbocycles. The lowest BCUT2D eigenvalue weighted by Crippen LogP contribution is -2.37. The van der Waals surface area contributed by atoms with Crippen LogP contribution in [0.2, 0.25) is 0 Å². The lowest BCUT2D eigenvalue weighted by atomic mass is 10.2. The molecule has 0 aliphatic rings. The number of nitrogens with one attached hydrogen (secondary N) is 1. The van der Waals surface area contributed by atoms with Gasteiger partial charge in [0.2, 0.25) is 0 Å². The van der Waals surface area contributed by atoms with Crippen LogP contribution in [-0.2, 0) is 19.5 Å². The summed E-state index contributed by atoms with van der Waals surface area (Å²) in [5.74, 6) is 0. The van der Waals surface area contributed by atoms with Crippen molar-refractivity contribution in [1.82, 2.24) is 25.0 Å². The third-order valence-electron chi connectivity index (χ3n) is 4.36. The molecule has 0 aliphatic heterocycles. The van der Waals surface area contributed by atoms with Crippen molar-refractivity contribution in [2.45, 2.75) is 33.4 Å². The fourth-order valence-corrected chi connectivity index (χ4v) is 3.59. The lowest BCUT2D eigenvalue weighted by molar-refractivity contribution is 0.207. The van der Waals surface area contributed by atoms with Crippen LogP contribution in [0.4, 0.5) is 4.79 Å². The second kappa shape index (κ2) is 8.81. The van der Waals surface area contributed by atoms with Crippen molar-refractivity contribution in [3.8, 4) is 11.3 Å². The van der Waals surface area contributed by atoms with Crippen LogP contribution >= 0.6 is 11.3 Å². The van der Waals surface area contributed by atoms with E-state index >= 15 is 0 Å². The predicted molar refractivity (Wildman–Crippen MR) is 109 cm³/mol. The summed E-state index contributed by atoms with van der Waals surface area (Å²) in [7, 11) is 1.80. The van der Waals surface area contributed by atoms with Crippen LogP contribution in [-0.4, -0.2) is 39.3 Å². The number of carbonyl (C=O) groups is 1. The Morgan fingerprint density at radius 1 is 1.30 bits per heavy atom. The van der Waals surface area contributed by atoms with E-state index in [0.717, 1.165) is 40.5 Å². The first-order chi connectivity index (χ1) is 13.1. The van der Waals surface area contributed by atoms with Gasteiger partial charge in [-0.2, -0.15) is 5.10 Å². The number of thiazole rings is 1. The highest BCUT2D eigenvalue weighted by molar-refractivity contribution is 7.09. The largest absolute Gasteiger partial charge is 0.338 e. The molecule has 0 saturated carbocycles. The molecule has 27 heavy (non-hydrogen) atoms. The number of urea groups is 1. The maximum Gasteiger partial charge on any atom is 0.317 e. The normalized spacial score (nSPS) is 10.8. The quantitative estimate of drug-likeness (QED) is 0.676. The van der Waals surface area contributed by atoms with E-state index < -0.39 is 0 Å². The van der Waals surface area contributed by atoms with Crippen molar-refractivity contribution in [2.24, 2.45) is 0 Å². The van der Waals surface area contributed by atoms with Crippen LogP contribution < -0.4 is 5.32 Å². The number of aromatic nitrogens is 3. The van der Waals surface area contributed by atoms with Gasteiger partial charge < -0.3 is 10.2 Å². The zero-order valence-electron chi connectivity index (χ0n) is 16.0. The fraction of sp³-hybridized carbons (Fsp3) is 0.350. The summed E-state index contributed by atoms with van der Waals surface area (Å²) >= 11 is 1.63. The van der Waals surface area contributed by atoms with Crippen LogP contribution in [0.5, 0.6) is 0 Å². The van der Waals surface area contributed by atoms with Gasteiger partial charge in [0.1, 0.15) is 0 Å². The van der Waals surface area contributed by atoms with E-state index in [2.05, 4.69) is 39.8 Å². The first-order valence-electron chi connectivity index (χ1n) is 9.08. The Morgan fingerprint density at radius 2 is 2.07 bits per heavy atom. The molecular formula is C20H25N5OS. The average Bonchev–Trinajstić information content (AvgIpc) is 3.29. The number of nitrogens with zero attached hydrogens (tertiary/aromatic N) is 4. The molecule has 6 nitrogen and oxygen atoms in total. The molecular weight excluding hydrogens is 358 g/mol. The Morgan fingerprint density at radius 3 is 2.78 bits per heavy atom. The molecule has 0 unspecified atom stereocenters. The van der Waals surface area contributed by atoms with Crippen LogP contribution in [0.3, 0.4) is 0 Å². The topological polar surface area (TPSA) is 63.1 Å². The summed E-state index contributed by atoms with van der Waals surface area (Å²) in [6.45, 7) is 5.97. The summed E-state index contributed by atoms with van der Waals surface area (Å²) in [5.41, 5.74) is 4.14. The third-order valence-corrected chi connectivity index (χ3v) is 5.27. The van der Waals surface area contributed by atoms with E-state index in [1.807, 2.05) is 36.0 Å². The van der Waals surface area contributed by atoms with Crippen LogP contribution in [0.1, 0.15) is 23.2 Å². The summed E-state index contributed by atoms with van der Waals surface area (Å²) in [6.07, 6.45) is 2.73. The SMILES string of the molecule is CCn1cc(CN(C)C(=O)NCCc2nc(-c3ccccc3)cs2)c(C)n1. The van der Waals surface area contributed by atoms with E-state index in [-0.39, 0.29) is 6.03 Å². The van der Waals surface area contributed by atoms with Gasteiger partial charge >= 0.3 is 6.03 Å². The van der Waals surface area contributed by atoms with Gasteiger partial charge in [-0.05, 0) is 13.8 Å². The highest BCUT2D eigenvalue weighted by Crippen LogP contribution is 2.21. The van der Waals surface area contributed by atoms with Crippen molar-refractivity contribution in [1.29, 1.82) is 0 Å². The van der Waals surface area contributed by atoms with Crippen molar-refractivity contribution in [3.05, 3.63) is 58.2 Å². The maximum absolute atomic E-state index is 12.3. The first-order valence-corrected chi connectivity index (χ1v) is 9.96. The molecule has 2 amide bonds. The standard InChI is InChI=1S/C20H25N5OS/c1-4-25-13-17(15(2)23-25)12-24(3)20(26)21-11-10-19-22-18(14-27-19)16-8-6-5-7-9-16/h5-9,13-14H,4,10-12H2,1-3H3,(H,21,26). The van der Waals surface area contributed by atoms with Gasteiger partial charge in [-0.3, -0.25) is 4.68 Å². The monoisotopic (exact) mass is 383 g/mol. The molecule has 0 bridgehead atoms. The molecule has 142 valence electrons. The minimum absolute atomic E-state index is 0.0847. The lowest BCUT2D eigenvalue weighted by Gasteiger charge is -2.17. The zero-order valence-corrected chi connectivity index (χ0v) is 16.8. The molecule has 1 N–H and O–H groups in total. The van der Waals surface area contributed by atoms with Crippen LogP contribution in [0.15, 0.2) is 41.9 Å². The molecule has 3 aromatic rings. The van der Waals surface area contributed by atoms with Crippen LogP contribution in [0, 0.1) is 6.92 Å². The average molecular weight is 384 g/mol. The summed E-state index contributed by atoms with van der Waals surface area (Å²) in [5, 5.41) is 10.5. The molecule has 2 aromatic heterocycles. The van der Waals surface area contributed by atoms with E-state index in [4.69, 9.17) is 0 Å². The predicted octanol–water partition coefficient (Wildman–Crippen LogP) is 3.72. The van der Waals surface area contributed by atoms with Gasteiger partial charge in [0.25, 0.3) is 0 Å². The molecule has 7 heteroatoms. The highest BCUT2D eigenvalue weighted by Gasteiger charge is 2.12. The number of benzene rings is 1. The van der Waals surface area contributed by atoms with Crippen molar-refractivity contribution in [3.63, 3.8) is 0 Å². The second-order valence-corrected chi connectivity index (χ2v) is 7.37. The van der Waals surface area contributed by atoms with Gasteiger partial charge in [0.15, 0.2) is 0 Å². The number of hydrogen-bond acceptors (Lipinski definition) is 4. The molecule has 0 spiro atoms. The smallest absolute Gasteiger partial charge is 0.317 e. The molecule has 3 rings (SSSR count). The number of hydrogen-bond donors (Lipinski definition) is 1. The van der Waals surface area contributed by atoms with Crippen molar-refractivity contribution < 1.29 is 4.79 Å². The molecule has 1 aromatic carbocycles. The summed E-state index contributed by atoms with van der Waals surface area (Å²) in [6, 6.07) is 10.0. The highest BCUT2D eigenvalue weighted by atomic mass is 32.1. The van der Waals surface area contributed by atoms with Gasteiger partial charge in [-0.1, -0.05) is 30.3 Å². The van der Waals surface area contributed by atoms with Gasteiger partial charge in [0, 0.05) is 49.3 Å². The molecule has 2 heterocycles. The molecule has 0 fully saturated rings. The maximum atomic E-state index is 12.3. The van der Waals surface area contributed by atoms with Crippen molar-refractivity contribution >= 4 is 17.4 Å². The third kappa shape index (κ3) is 4.95. The fourth-order valence-electron chi connectivity index (χ4n) is 2.78. The Bertz CT molecular complexity index is 887. The Balaban J connectivity index is 1.48. The van der Waals surface area contributed by atoms with E-state index in [1.165, 1.54) is 0 Å². The second-order valence-electron chi connectivity index (χ2n) is 6.43. The van der Waals surface area contributed by atoms with E-state index in [1.54, 1.807) is 23.3 Å². The minimum atomic E-state index is -0.0847. The molecule has 0 atom stereocenters. The number of rotatable bonds is 7. The number of aryl methyl sites for hydroxylation is 2. The Labute approximate surface area is 163 Å². The number of amides is 2. The Hall–Kier alpha value is -2.67. The van der Waals surface area contributed by atoms with E-state index in [9.17, 15) is 4.79 Å². The van der Waals surface area contributed by atoms with Gasteiger partial charge in [-0.15, -0.1) is 11.3 Å². The first kappa shape index (κ1) is 19.1. The van der Waals surface area contributed by atoms with Gasteiger partial charge in [-0.25, -0.2) is 9.78 Å². The summed E-state index contributed by atoms with van der Waals surface area (Å²) < 4.78 is 1.89. The Kier molecular flexibility index (Phi) is 6.24. The number of carbonyl (C=O) groups excluding carboxylic acids is 1. The molecule has 0 saturated heterocycles. The minimum Gasteiger partial charge on any atom is -0.338 e. The van der Waals surface area contributed by atoms with Crippen molar-refractivity contribution in [2.75, 3.05) is 13.6 Å².